The summed E-state index contributed by atoms with van der Waals surface area (Å²) in [6.07, 6.45) is 0. The lowest BCUT2D eigenvalue weighted by Gasteiger charge is -2.37. The monoisotopic (exact) mass is 351 g/mol. The number of aryl methyl sites for hydroxylation is 1. The second-order valence-electron chi connectivity index (χ2n) is 6.67. The quantitative estimate of drug-likeness (QED) is 0.922. The molecule has 0 aromatic heterocycles. The lowest BCUT2D eigenvalue weighted by atomic mass is 10.1. The Labute approximate surface area is 154 Å². The molecular formula is C21H25N3O2. The topological polar surface area (TPSA) is 52.7 Å². The summed E-state index contributed by atoms with van der Waals surface area (Å²) >= 11 is 0. The van der Waals surface area contributed by atoms with Gasteiger partial charge in [-0.1, -0.05) is 36.4 Å². The zero-order valence-electron chi connectivity index (χ0n) is 15.3. The zero-order valence-corrected chi connectivity index (χ0v) is 15.3. The van der Waals surface area contributed by atoms with E-state index in [1.807, 2.05) is 73.3 Å². The highest BCUT2D eigenvalue weighted by Crippen LogP contribution is 2.16. The number of carbonyl (C=O) groups excluding carboxylic acids is 2. The van der Waals surface area contributed by atoms with Crippen LogP contribution in [0.15, 0.2) is 54.6 Å². The number of nitrogens with one attached hydrogen (secondary N) is 1. The van der Waals surface area contributed by atoms with Crippen molar-refractivity contribution in [2.75, 3.05) is 31.5 Å². The number of carbonyl (C=O) groups is 2. The number of amides is 2. The van der Waals surface area contributed by atoms with Gasteiger partial charge in [-0.05, 0) is 37.6 Å². The van der Waals surface area contributed by atoms with Crippen LogP contribution in [0.1, 0.15) is 22.8 Å². The van der Waals surface area contributed by atoms with Crippen molar-refractivity contribution in [3.05, 3.63) is 65.7 Å². The van der Waals surface area contributed by atoms with Gasteiger partial charge in [-0.3, -0.25) is 14.5 Å². The van der Waals surface area contributed by atoms with E-state index < -0.39 is 0 Å². The van der Waals surface area contributed by atoms with E-state index in [2.05, 4.69) is 10.2 Å². The lowest BCUT2D eigenvalue weighted by Crippen LogP contribution is -2.54. The van der Waals surface area contributed by atoms with Gasteiger partial charge < -0.3 is 10.2 Å². The molecule has 5 heteroatoms. The van der Waals surface area contributed by atoms with Crippen LogP contribution in [0.25, 0.3) is 0 Å². The van der Waals surface area contributed by atoms with Crippen LogP contribution in [0.3, 0.4) is 0 Å². The average Bonchev–Trinajstić information content (AvgIpc) is 2.69. The first-order valence-electron chi connectivity index (χ1n) is 9.01. The van der Waals surface area contributed by atoms with Gasteiger partial charge in [-0.15, -0.1) is 0 Å². The first-order chi connectivity index (χ1) is 12.6. The highest BCUT2D eigenvalue weighted by atomic mass is 16.2. The minimum atomic E-state index is -0.233. The number of hydrogen-bond acceptors (Lipinski definition) is 3. The summed E-state index contributed by atoms with van der Waals surface area (Å²) in [7, 11) is 0. The standard InChI is InChI=1S/C21H25N3O2/c1-16-8-6-7-11-19(16)22-20(25)17(2)23-12-14-24(15-13-23)21(26)18-9-4-3-5-10-18/h3-11,17H,12-15H2,1-2H3,(H,22,25)/t17-/m1/s1. The van der Waals surface area contributed by atoms with E-state index in [4.69, 9.17) is 0 Å². The molecule has 1 heterocycles. The number of piperazine rings is 1. The van der Waals surface area contributed by atoms with E-state index in [0.717, 1.165) is 11.3 Å². The Balaban J connectivity index is 1.55. The van der Waals surface area contributed by atoms with Crippen molar-refractivity contribution < 1.29 is 9.59 Å². The smallest absolute Gasteiger partial charge is 0.253 e. The molecule has 0 bridgehead atoms. The number of benzene rings is 2. The normalized spacial score (nSPS) is 16.2. The molecule has 5 nitrogen and oxygen atoms in total. The van der Waals surface area contributed by atoms with E-state index in [1.165, 1.54) is 0 Å². The summed E-state index contributed by atoms with van der Waals surface area (Å²) < 4.78 is 0. The zero-order chi connectivity index (χ0) is 18.5. The molecule has 1 N–H and O–H groups in total. The first-order valence-corrected chi connectivity index (χ1v) is 9.01. The molecule has 0 spiro atoms. The maximum absolute atomic E-state index is 12.6. The third-order valence-corrected chi connectivity index (χ3v) is 4.95. The first kappa shape index (κ1) is 18.1. The molecule has 1 aliphatic rings. The number of nitrogens with zero attached hydrogens (tertiary/aromatic N) is 2. The van der Waals surface area contributed by atoms with Crippen molar-refractivity contribution >= 4 is 17.5 Å². The third kappa shape index (κ3) is 4.11. The van der Waals surface area contributed by atoms with Gasteiger partial charge in [0.1, 0.15) is 0 Å². The fourth-order valence-electron chi connectivity index (χ4n) is 3.19. The van der Waals surface area contributed by atoms with Gasteiger partial charge >= 0.3 is 0 Å². The predicted octanol–water partition coefficient (Wildman–Crippen LogP) is 2.78. The van der Waals surface area contributed by atoms with Gasteiger partial charge in [0.25, 0.3) is 5.91 Å². The summed E-state index contributed by atoms with van der Waals surface area (Å²) in [6.45, 7) is 6.56. The number of anilines is 1. The Hall–Kier alpha value is -2.66. The molecular weight excluding hydrogens is 326 g/mol. The van der Waals surface area contributed by atoms with Crippen LogP contribution in [-0.2, 0) is 4.79 Å². The van der Waals surface area contributed by atoms with Gasteiger partial charge in [0.05, 0.1) is 6.04 Å². The Morgan fingerprint density at radius 2 is 1.54 bits per heavy atom. The van der Waals surface area contributed by atoms with Crippen molar-refractivity contribution in [2.24, 2.45) is 0 Å². The fourth-order valence-corrected chi connectivity index (χ4v) is 3.19. The molecule has 26 heavy (non-hydrogen) atoms. The van der Waals surface area contributed by atoms with Crippen LogP contribution >= 0.6 is 0 Å². The summed E-state index contributed by atoms with van der Waals surface area (Å²) in [6, 6.07) is 16.9. The van der Waals surface area contributed by atoms with E-state index >= 15 is 0 Å². The highest BCUT2D eigenvalue weighted by Gasteiger charge is 2.28. The van der Waals surface area contributed by atoms with E-state index in [9.17, 15) is 9.59 Å². The molecule has 2 aromatic rings. The predicted molar refractivity (Wildman–Crippen MR) is 103 cm³/mol. The van der Waals surface area contributed by atoms with Crippen LogP contribution in [0.4, 0.5) is 5.69 Å². The number of rotatable bonds is 4. The van der Waals surface area contributed by atoms with Crippen LogP contribution in [-0.4, -0.2) is 53.8 Å². The van der Waals surface area contributed by atoms with Gasteiger partial charge in [0, 0.05) is 37.4 Å². The second-order valence-corrected chi connectivity index (χ2v) is 6.67. The van der Waals surface area contributed by atoms with Crippen LogP contribution in [0, 0.1) is 6.92 Å². The molecule has 1 fully saturated rings. The molecule has 136 valence electrons. The molecule has 3 rings (SSSR count). The van der Waals surface area contributed by atoms with Crippen LogP contribution in [0.5, 0.6) is 0 Å². The Bertz CT molecular complexity index is 768. The summed E-state index contributed by atoms with van der Waals surface area (Å²) in [5.74, 6) is 0.0457. The third-order valence-electron chi connectivity index (χ3n) is 4.95. The Morgan fingerprint density at radius 1 is 0.923 bits per heavy atom. The minimum absolute atomic E-state index is 0.0119. The minimum Gasteiger partial charge on any atom is -0.336 e. The molecule has 2 amide bonds. The molecule has 1 atom stereocenters. The van der Waals surface area contributed by atoms with E-state index in [-0.39, 0.29) is 17.9 Å². The molecule has 0 saturated carbocycles. The van der Waals surface area contributed by atoms with Gasteiger partial charge in [-0.2, -0.15) is 0 Å². The van der Waals surface area contributed by atoms with Crippen molar-refractivity contribution in [1.29, 1.82) is 0 Å². The SMILES string of the molecule is Cc1ccccc1NC(=O)[C@@H](C)N1CCN(C(=O)c2ccccc2)CC1. The molecule has 1 saturated heterocycles. The van der Waals surface area contributed by atoms with Gasteiger partial charge in [-0.25, -0.2) is 0 Å². The van der Waals surface area contributed by atoms with Crippen LogP contribution < -0.4 is 5.32 Å². The summed E-state index contributed by atoms with van der Waals surface area (Å²) in [5, 5.41) is 3.01. The second kappa shape index (κ2) is 8.15. The van der Waals surface area contributed by atoms with Crippen molar-refractivity contribution in [3.8, 4) is 0 Å². The van der Waals surface area contributed by atoms with Gasteiger partial charge in [0.2, 0.25) is 5.91 Å². The molecule has 2 aromatic carbocycles. The Kier molecular flexibility index (Phi) is 5.68. The largest absolute Gasteiger partial charge is 0.336 e. The Morgan fingerprint density at radius 3 is 2.19 bits per heavy atom. The van der Waals surface area contributed by atoms with E-state index in [0.29, 0.717) is 31.7 Å². The van der Waals surface area contributed by atoms with Gasteiger partial charge in [0.15, 0.2) is 0 Å². The average molecular weight is 351 g/mol. The summed E-state index contributed by atoms with van der Waals surface area (Å²) in [5.41, 5.74) is 2.61. The maximum atomic E-state index is 12.6. The molecule has 0 radical (unpaired) electrons. The van der Waals surface area contributed by atoms with Crippen molar-refractivity contribution in [3.63, 3.8) is 0 Å². The molecule has 0 aliphatic carbocycles. The lowest BCUT2D eigenvalue weighted by molar-refractivity contribution is -0.121. The van der Waals surface area contributed by atoms with E-state index in [1.54, 1.807) is 0 Å². The highest BCUT2D eigenvalue weighted by molar-refractivity contribution is 5.95. The van der Waals surface area contributed by atoms with Crippen molar-refractivity contribution in [1.82, 2.24) is 9.80 Å². The summed E-state index contributed by atoms with van der Waals surface area (Å²) in [4.78, 5) is 29.1. The molecule has 0 unspecified atom stereocenters. The maximum Gasteiger partial charge on any atom is 0.253 e. The number of para-hydroxylation sites is 1. The van der Waals surface area contributed by atoms with Crippen LogP contribution in [0.2, 0.25) is 0 Å². The van der Waals surface area contributed by atoms with Crippen molar-refractivity contribution in [2.45, 2.75) is 19.9 Å². The fraction of sp³-hybridized carbons (Fsp3) is 0.333. The number of hydrogen-bond donors (Lipinski definition) is 1. The molecule has 1 aliphatic heterocycles.